The summed E-state index contributed by atoms with van der Waals surface area (Å²) in [5.41, 5.74) is 0.556. The van der Waals surface area contributed by atoms with Crippen LogP contribution in [0.2, 0.25) is 0 Å². The standard InChI is InChI=1S/C17H25N3O3S/c1-2-23-15-6-4-14(5-7-15)16(21)19-17(24)18-8-3-9-20-10-12-22-13-11-20/h4-7H,2-3,8-13H2,1H3,(H2,18,19,21,24)/p+1. The molecule has 0 bridgehead atoms. The van der Waals surface area contributed by atoms with Crippen LogP contribution in [0.1, 0.15) is 23.7 Å². The molecule has 24 heavy (non-hydrogen) atoms. The van der Waals surface area contributed by atoms with Gasteiger partial charge in [0.25, 0.3) is 5.91 Å². The Morgan fingerprint density at radius 2 is 2.00 bits per heavy atom. The number of amides is 1. The molecule has 0 aromatic heterocycles. The fraction of sp³-hybridized carbons (Fsp3) is 0.529. The zero-order chi connectivity index (χ0) is 17.2. The summed E-state index contributed by atoms with van der Waals surface area (Å²) < 4.78 is 10.7. The van der Waals surface area contributed by atoms with Crippen molar-refractivity contribution in [1.29, 1.82) is 0 Å². The predicted octanol–water partition coefficient (Wildman–Crippen LogP) is -0.00520. The van der Waals surface area contributed by atoms with E-state index in [9.17, 15) is 4.79 Å². The van der Waals surface area contributed by atoms with Gasteiger partial charge in [-0.05, 0) is 43.4 Å². The molecule has 1 fully saturated rings. The third kappa shape index (κ3) is 6.43. The van der Waals surface area contributed by atoms with Crippen LogP contribution in [0.3, 0.4) is 0 Å². The second-order valence-corrected chi connectivity index (χ2v) is 6.04. The molecular weight excluding hydrogens is 326 g/mol. The average Bonchev–Trinajstić information content (AvgIpc) is 2.60. The summed E-state index contributed by atoms with van der Waals surface area (Å²) in [4.78, 5) is 13.7. The van der Waals surface area contributed by atoms with Crippen molar-refractivity contribution >= 4 is 23.2 Å². The van der Waals surface area contributed by atoms with Crippen molar-refractivity contribution in [2.75, 3.05) is 46.0 Å². The second kappa shape index (κ2) is 10.2. The van der Waals surface area contributed by atoms with Crippen LogP contribution in [0.25, 0.3) is 0 Å². The van der Waals surface area contributed by atoms with Crippen LogP contribution in [0.4, 0.5) is 0 Å². The van der Waals surface area contributed by atoms with E-state index in [1.165, 1.54) is 0 Å². The number of ether oxygens (including phenoxy) is 2. The first-order chi connectivity index (χ1) is 11.7. The quantitative estimate of drug-likeness (QED) is 0.476. The number of carbonyl (C=O) groups excluding carboxylic acids is 1. The molecule has 1 aliphatic rings. The van der Waals surface area contributed by atoms with Crippen molar-refractivity contribution in [2.24, 2.45) is 0 Å². The fourth-order valence-electron chi connectivity index (χ4n) is 2.54. The molecule has 1 aromatic carbocycles. The van der Waals surface area contributed by atoms with Crippen molar-refractivity contribution in [3.05, 3.63) is 29.8 Å². The van der Waals surface area contributed by atoms with Gasteiger partial charge in [-0.2, -0.15) is 0 Å². The fourth-order valence-corrected chi connectivity index (χ4v) is 2.73. The lowest BCUT2D eigenvalue weighted by atomic mass is 10.2. The van der Waals surface area contributed by atoms with E-state index in [0.717, 1.165) is 51.6 Å². The van der Waals surface area contributed by atoms with Gasteiger partial charge in [0.15, 0.2) is 5.11 Å². The van der Waals surface area contributed by atoms with Crippen LogP contribution in [0, 0.1) is 0 Å². The van der Waals surface area contributed by atoms with E-state index in [2.05, 4.69) is 10.6 Å². The van der Waals surface area contributed by atoms with E-state index in [4.69, 9.17) is 21.7 Å². The number of nitrogens with one attached hydrogen (secondary N) is 3. The summed E-state index contributed by atoms with van der Waals surface area (Å²) in [5.74, 6) is 0.537. The predicted molar refractivity (Wildman–Crippen MR) is 96.7 cm³/mol. The molecule has 3 N–H and O–H groups in total. The van der Waals surface area contributed by atoms with Gasteiger partial charge in [0.2, 0.25) is 0 Å². The minimum atomic E-state index is -0.214. The Bertz CT molecular complexity index is 530. The van der Waals surface area contributed by atoms with E-state index in [0.29, 0.717) is 17.3 Å². The third-order valence-corrected chi connectivity index (χ3v) is 4.09. The minimum Gasteiger partial charge on any atom is -0.494 e. The van der Waals surface area contributed by atoms with Gasteiger partial charge < -0.3 is 19.7 Å². The number of hydrogen-bond acceptors (Lipinski definition) is 4. The van der Waals surface area contributed by atoms with Gasteiger partial charge in [0.05, 0.1) is 26.4 Å². The normalized spacial score (nSPS) is 14.9. The van der Waals surface area contributed by atoms with Crippen molar-refractivity contribution in [1.82, 2.24) is 10.6 Å². The maximum atomic E-state index is 12.1. The van der Waals surface area contributed by atoms with E-state index >= 15 is 0 Å². The summed E-state index contributed by atoms with van der Waals surface area (Å²) >= 11 is 5.17. The van der Waals surface area contributed by atoms with Crippen molar-refractivity contribution in [2.45, 2.75) is 13.3 Å². The molecule has 6 nitrogen and oxygen atoms in total. The number of morpholine rings is 1. The SMILES string of the molecule is CCOc1ccc(C(=O)NC(=S)NCCC[NH+]2CCOCC2)cc1. The molecule has 2 rings (SSSR count). The molecule has 0 atom stereocenters. The van der Waals surface area contributed by atoms with Crippen molar-refractivity contribution in [3.8, 4) is 5.75 Å². The second-order valence-electron chi connectivity index (χ2n) is 5.63. The van der Waals surface area contributed by atoms with E-state index in [-0.39, 0.29) is 5.91 Å². The van der Waals surface area contributed by atoms with Crippen molar-refractivity contribution in [3.63, 3.8) is 0 Å². The zero-order valence-electron chi connectivity index (χ0n) is 14.1. The van der Waals surface area contributed by atoms with Gasteiger partial charge >= 0.3 is 0 Å². The molecule has 1 aliphatic heterocycles. The number of benzene rings is 1. The lowest BCUT2D eigenvalue weighted by molar-refractivity contribution is -0.908. The van der Waals surface area contributed by atoms with Crippen LogP contribution in [-0.4, -0.2) is 57.0 Å². The molecule has 1 heterocycles. The smallest absolute Gasteiger partial charge is 0.257 e. The first-order valence-electron chi connectivity index (χ1n) is 8.42. The summed E-state index contributed by atoms with van der Waals surface area (Å²) in [6.45, 7) is 8.20. The van der Waals surface area contributed by atoms with Crippen LogP contribution in [-0.2, 0) is 4.74 Å². The van der Waals surface area contributed by atoms with Crippen LogP contribution >= 0.6 is 12.2 Å². The number of rotatable bonds is 7. The maximum Gasteiger partial charge on any atom is 0.257 e. The van der Waals surface area contributed by atoms with Gasteiger partial charge in [-0.25, -0.2) is 0 Å². The maximum absolute atomic E-state index is 12.1. The van der Waals surface area contributed by atoms with Crippen LogP contribution in [0.15, 0.2) is 24.3 Å². The minimum absolute atomic E-state index is 0.214. The monoisotopic (exact) mass is 352 g/mol. The molecule has 1 aromatic rings. The van der Waals surface area contributed by atoms with E-state index < -0.39 is 0 Å². The molecule has 132 valence electrons. The Labute approximate surface area is 148 Å². The van der Waals surface area contributed by atoms with Gasteiger partial charge in [0, 0.05) is 18.5 Å². The van der Waals surface area contributed by atoms with Crippen LogP contribution < -0.4 is 20.3 Å². The Balaban J connectivity index is 1.64. The highest BCUT2D eigenvalue weighted by atomic mass is 32.1. The zero-order valence-corrected chi connectivity index (χ0v) is 14.9. The first kappa shape index (κ1) is 18.6. The topological polar surface area (TPSA) is 64.0 Å². The molecule has 1 saturated heterocycles. The summed E-state index contributed by atoms with van der Waals surface area (Å²) in [5, 5.41) is 6.15. The molecule has 0 radical (unpaired) electrons. The molecule has 0 unspecified atom stereocenters. The Kier molecular flexibility index (Phi) is 7.94. The Hall–Kier alpha value is -1.70. The number of hydrogen-bond donors (Lipinski definition) is 3. The molecule has 1 amide bonds. The van der Waals surface area contributed by atoms with Gasteiger partial charge in [-0.15, -0.1) is 0 Å². The Morgan fingerprint density at radius 1 is 1.29 bits per heavy atom. The molecule has 0 aliphatic carbocycles. The average molecular weight is 352 g/mol. The largest absolute Gasteiger partial charge is 0.494 e. The first-order valence-corrected chi connectivity index (χ1v) is 8.83. The Morgan fingerprint density at radius 3 is 2.67 bits per heavy atom. The number of quaternary nitrogens is 1. The summed E-state index contributed by atoms with van der Waals surface area (Å²) in [7, 11) is 0. The van der Waals surface area contributed by atoms with Gasteiger partial charge in [0.1, 0.15) is 18.8 Å². The molecule has 7 heteroatoms. The van der Waals surface area contributed by atoms with Gasteiger partial charge in [-0.1, -0.05) is 0 Å². The highest BCUT2D eigenvalue weighted by molar-refractivity contribution is 7.80. The molecule has 0 saturated carbocycles. The summed E-state index contributed by atoms with van der Waals surface area (Å²) in [6, 6.07) is 7.01. The van der Waals surface area contributed by atoms with Gasteiger partial charge in [-0.3, -0.25) is 10.1 Å². The van der Waals surface area contributed by atoms with Crippen molar-refractivity contribution < 1.29 is 19.2 Å². The highest BCUT2D eigenvalue weighted by Gasteiger charge is 2.13. The lowest BCUT2D eigenvalue weighted by Gasteiger charge is -2.23. The molecule has 0 spiro atoms. The van der Waals surface area contributed by atoms with Crippen LogP contribution in [0.5, 0.6) is 5.75 Å². The van der Waals surface area contributed by atoms with E-state index in [1.807, 2.05) is 6.92 Å². The molecular formula is C17H26N3O3S+. The number of thiocarbonyl (C=S) groups is 1. The summed E-state index contributed by atoms with van der Waals surface area (Å²) in [6.07, 6.45) is 1.01. The third-order valence-electron chi connectivity index (χ3n) is 3.85. The lowest BCUT2D eigenvalue weighted by Crippen LogP contribution is -3.14. The highest BCUT2D eigenvalue weighted by Crippen LogP contribution is 2.11. The van der Waals surface area contributed by atoms with E-state index in [1.54, 1.807) is 29.2 Å². The number of carbonyl (C=O) groups is 1.